The number of benzene rings is 2. The second-order valence-electron chi connectivity index (χ2n) is 8.28. The van der Waals surface area contributed by atoms with Gasteiger partial charge in [-0.25, -0.2) is 0 Å². The molecule has 0 radical (unpaired) electrons. The maximum absolute atomic E-state index is 12.8. The van der Waals surface area contributed by atoms with Crippen LogP contribution in [-0.2, 0) is 16.6 Å². The second-order valence-corrected chi connectivity index (χ2v) is 8.28. The summed E-state index contributed by atoms with van der Waals surface area (Å²) < 4.78 is 0. The molecule has 1 atom stereocenters. The summed E-state index contributed by atoms with van der Waals surface area (Å²) in [4.78, 5) is 28.0. The standard InChI is InChI=1S/C24H27NO3/c1-5-15-7-6-8-18-20(14-25-22(15)18)19(23(27)28)13-21(26)16-9-11-17(12-10-16)24(2,3)4/h6-12,14,19,25H,5,13H2,1-4H3,(H,27,28)/t19-/m1/s1. The van der Waals surface area contributed by atoms with E-state index in [4.69, 9.17) is 0 Å². The molecule has 0 aliphatic carbocycles. The summed E-state index contributed by atoms with van der Waals surface area (Å²) in [5.74, 6) is -2.02. The first kappa shape index (κ1) is 19.9. The Morgan fingerprint density at radius 1 is 1.07 bits per heavy atom. The predicted octanol–water partition coefficient (Wildman–Crippen LogP) is 5.47. The third kappa shape index (κ3) is 3.86. The number of aromatic nitrogens is 1. The maximum Gasteiger partial charge on any atom is 0.311 e. The van der Waals surface area contributed by atoms with Crippen LogP contribution in [0.5, 0.6) is 0 Å². The van der Waals surface area contributed by atoms with Crippen molar-refractivity contribution in [2.75, 3.05) is 0 Å². The van der Waals surface area contributed by atoms with Crippen molar-refractivity contribution in [3.8, 4) is 0 Å². The molecular formula is C24H27NO3. The van der Waals surface area contributed by atoms with E-state index < -0.39 is 11.9 Å². The van der Waals surface area contributed by atoms with E-state index in [1.807, 2.05) is 30.3 Å². The van der Waals surface area contributed by atoms with Gasteiger partial charge in [-0.1, -0.05) is 70.2 Å². The number of Topliss-reactive ketones (excluding diaryl/α,β-unsaturated/α-hetero) is 1. The Morgan fingerprint density at radius 2 is 1.75 bits per heavy atom. The zero-order valence-electron chi connectivity index (χ0n) is 16.9. The summed E-state index contributed by atoms with van der Waals surface area (Å²) in [6.07, 6.45) is 2.53. The molecular weight excluding hydrogens is 350 g/mol. The van der Waals surface area contributed by atoms with Crippen LogP contribution in [0, 0.1) is 0 Å². The van der Waals surface area contributed by atoms with Crippen LogP contribution in [0.3, 0.4) is 0 Å². The van der Waals surface area contributed by atoms with E-state index in [9.17, 15) is 14.7 Å². The molecule has 2 aromatic carbocycles. The number of nitrogens with one attached hydrogen (secondary N) is 1. The minimum Gasteiger partial charge on any atom is -0.481 e. The Bertz CT molecular complexity index is 1010. The van der Waals surface area contributed by atoms with Gasteiger partial charge in [-0.2, -0.15) is 0 Å². The molecule has 3 rings (SSSR count). The van der Waals surface area contributed by atoms with E-state index in [1.165, 1.54) is 0 Å². The normalized spacial score (nSPS) is 12.9. The molecule has 3 aromatic rings. The van der Waals surface area contributed by atoms with Crippen molar-refractivity contribution in [1.82, 2.24) is 4.98 Å². The smallest absolute Gasteiger partial charge is 0.311 e. The quantitative estimate of drug-likeness (QED) is 0.560. The van der Waals surface area contributed by atoms with Crippen molar-refractivity contribution >= 4 is 22.7 Å². The van der Waals surface area contributed by atoms with Crippen LogP contribution in [0.2, 0.25) is 0 Å². The predicted molar refractivity (Wildman–Crippen MR) is 112 cm³/mol. The molecule has 2 N–H and O–H groups in total. The molecule has 1 aromatic heterocycles. The molecule has 0 spiro atoms. The lowest BCUT2D eigenvalue weighted by Gasteiger charge is -2.19. The Hall–Kier alpha value is -2.88. The van der Waals surface area contributed by atoms with Crippen molar-refractivity contribution in [1.29, 1.82) is 0 Å². The fourth-order valence-corrected chi connectivity index (χ4v) is 3.61. The SMILES string of the molecule is CCc1cccc2c([C@@H](CC(=O)c3ccc(C(C)(C)C)cc3)C(=O)O)c[nH]c12. The lowest BCUT2D eigenvalue weighted by molar-refractivity contribution is -0.138. The number of aromatic amines is 1. The van der Waals surface area contributed by atoms with Crippen LogP contribution >= 0.6 is 0 Å². The van der Waals surface area contributed by atoms with Gasteiger partial charge < -0.3 is 10.1 Å². The van der Waals surface area contributed by atoms with E-state index in [0.29, 0.717) is 11.1 Å². The van der Waals surface area contributed by atoms with Crippen molar-refractivity contribution in [2.45, 2.75) is 51.9 Å². The molecule has 0 saturated heterocycles. The summed E-state index contributed by atoms with van der Waals surface area (Å²) in [6, 6.07) is 13.4. The number of fused-ring (bicyclic) bond motifs is 1. The average Bonchev–Trinajstić information content (AvgIpc) is 3.09. The Balaban J connectivity index is 1.90. The van der Waals surface area contributed by atoms with E-state index >= 15 is 0 Å². The number of hydrogen-bond donors (Lipinski definition) is 2. The third-order valence-electron chi connectivity index (χ3n) is 5.35. The average molecular weight is 377 g/mol. The van der Waals surface area contributed by atoms with Crippen LogP contribution in [0.4, 0.5) is 0 Å². The van der Waals surface area contributed by atoms with Gasteiger partial charge in [0.15, 0.2) is 5.78 Å². The van der Waals surface area contributed by atoms with Gasteiger partial charge >= 0.3 is 5.97 Å². The number of aryl methyl sites for hydroxylation is 1. The number of carbonyl (C=O) groups is 2. The van der Waals surface area contributed by atoms with Crippen LogP contribution in [0.15, 0.2) is 48.7 Å². The first-order chi connectivity index (χ1) is 13.2. The highest BCUT2D eigenvalue weighted by molar-refractivity contribution is 6.00. The molecule has 4 nitrogen and oxygen atoms in total. The molecule has 0 aliphatic heterocycles. The summed E-state index contributed by atoms with van der Waals surface area (Å²) in [5, 5.41) is 10.7. The summed E-state index contributed by atoms with van der Waals surface area (Å²) >= 11 is 0. The highest BCUT2D eigenvalue weighted by atomic mass is 16.4. The van der Waals surface area contributed by atoms with Crippen molar-refractivity contribution in [2.24, 2.45) is 0 Å². The molecule has 4 heteroatoms. The van der Waals surface area contributed by atoms with Gasteiger partial charge in [0.05, 0.1) is 5.92 Å². The molecule has 0 unspecified atom stereocenters. The van der Waals surface area contributed by atoms with Crippen LogP contribution < -0.4 is 0 Å². The second kappa shape index (κ2) is 7.63. The number of para-hydroxylation sites is 1. The van der Waals surface area contributed by atoms with Gasteiger partial charge in [-0.3, -0.25) is 9.59 Å². The van der Waals surface area contributed by atoms with Gasteiger partial charge in [0.2, 0.25) is 0 Å². The van der Waals surface area contributed by atoms with Gasteiger partial charge in [0, 0.05) is 29.1 Å². The molecule has 0 bridgehead atoms. The number of H-pyrrole nitrogens is 1. The fraction of sp³-hybridized carbons (Fsp3) is 0.333. The van der Waals surface area contributed by atoms with Crippen molar-refractivity contribution < 1.29 is 14.7 Å². The van der Waals surface area contributed by atoms with Crippen LogP contribution in [0.25, 0.3) is 10.9 Å². The topological polar surface area (TPSA) is 70.2 Å². The number of carboxylic acids is 1. The van der Waals surface area contributed by atoms with Crippen molar-refractivity contribution in [3.63, 3.8) is 0 Å². The number of hydrogen-bond acceptors (Lipinski definition) is 2. The first-order valence-corrected chi connectivity index (χ1v) is 9.67. The highest BCUT2D eigenvalue weighted by Gasteiger charge is 2.27. The molecule has 28 heavy (non-hydrogen) atoms. The van der Waals surface area contributed by atoms with Crippen LogP contribution in [-0.4, -0.2) is 21.8 Å². The van der Waals surface area contributed by atoms with E-state index in [1.54, 1.807) is 18.3 Å². The largest absolute Gasteiger partial charge is 0.481 e. The zero-order valence-corrected chi connectivity index (χ0v) is 16.9. The number of ketones is 1. The van der Waals surface area contributed by atoms with Crippen LogP contribution in [0.1, 0.15) is 67.1 Å². The number of aliphatic carboxylic acids is 1. The van der Waals surface area contributed by atoms with Gasteiger partial charge in [-0.15, -0.1) is 0 Å². The lowest BCUT2D eigenvalue weighted by Crippen LogP contribution is -2.16. The summed E-state index contributed by atoms with van der Waals surface area (Å²) in [7, 11) is 0. The molecule has 1 heterocycles. The summed E-state index contributed by atoms with van der Waals surface area (Å²) in [5.41, 5.74) is 4.45. The monoisotopic (exact) mass is 377 g/mol. The number of rotatable bonds is 6. The van der Waals surface area contributed by atoms with Gasteiger partial charge in [-0.05, 0) is 28.5 Å². The Kier molecular flexibility index (Phi) is 5.41. The minimum absolute atomic E-state index is 0.00615. The molecule has 0 aliphatic rings. The molecule has 146 valence electrons. The Morgan fingerprint density at radius 3 is 2.32 bits per heavy atom. The van der Waals surface area contributed by atoms with Gasteiger partial charge in [0.25, 0.3) is 0 Å². The van der Waals surface area contributed by atoms with E-state index in [-0.39, 0.29) is 17.6 Å². The third-order valence-corrected chi connectivity index (χ3v) is 5.35. The summed E-state index contributed by atoms with van der Waals surface area (Å²) in [6.45, 7) is 8.41. The van der Waals surface area contributed by atoms with E-state index in [0.717, 1.165) is 28.5 Å². The van der Waals surface area contributed by atoms with Gasteiger partial charge in [0.1, 0.15) is 0 Å². The maximum atomic E-state index is 12.8. The zero-order chi connectivity index (χ0) is 20.5. The number of carboxylic acid groups (broad SMARTS) is 1. The molecule has 0 fully saturated rings. The fourth-order valence-electron chi connectivity index (χ4n) is 3.61. The van der Waals surface area contributed by atoms with Crippen molar-refractivity contribution in [3.05, 3.63) is 70.9 Å². The molecule has 0 saturated carbocycles. The first-order valence-electron chi connectivity index (χ1n) is 9.67. The molecule has 0 amide bonds. The Labute approximate surface area is 165 Å². The minimum atomic E-state index is -0.984. The number of carbonyl (C=O) groups excluding carboxylic acids is 1. The van der Waals surface area contributed by atoms with E-state index in [2.05, 4.69) is 32.7 Å². The highest BCUT2D eigenvalue weighted by Crippen LogP contribution is 2.31. The lowest BCUT2D eigenvalue weighted by atomic mass is 9.85.